The first-order valence-corrected chi connectivity index (χ1v) is 14.0. The monoisotopic (exact) mass is 526 g/mol. The van der Waals surface area contributed by atoms with Crippen molar-refractivity contribution in [1.29, 1.82) is 0 Å². The minimum absolute atomic E-state index is 0.0271. The number of nitrogens with one attached hydrogen (secondary N) is 1. The fourth-order valence-electron chi connectivity index (χ4n) is 6.36. The molecule has 0 spiro atoms. The molecule has 8 heteroatoms. The Kier molecular flexibility index (Phi) is 11.7. The Morgan fingerprint density at radius 1 is 1.22 bits per heavy atom. The highest BCUT2D eigenvalue weighted by Crippen LogP contribution is 2.41. The summed E-state index contributed by atoms with van der Waals surface area (Å²) in [4.78, 5) is 15.2. The van der Waals surface area contributed by atoms with Gasteiger partial charge in [0.25, 0.3) is 0 Å². The van der Waals surface area contributed by atoms with Gasteiger partial charge in [-0.2, -0.15) is 0 Å². The van der Waals surface area contributed by atoms with E-state index in [2.05, 4.69) is 5.32 Å². The molecule has 210 valence electrons. The normalized spacial score (nSPS) is 25.0. The minimum atomic E-state index is -1.58. The second kappa shape index (κ2) is 14.5. The van der Waals surface area contributed by atoms with Crippen molar-refractivity contribution in [3.8, 4) is 0 Å². The highest BCUT2D eigenvalue weighted by atomic mass is 19.2. The van der Waals surface area contributed by atoms with Gasteiger partial charge in [0, 0.05) is 44.7 Å². The van der Waals surface area contributed by atoms with Gasteiger partial charge < -0.3 is 20.1 Å². The number of ether oxygens (including phenoxy) is 1. The number of halogens is 3. The number of benzene rings is 1. The predicted molar refractivity (Wildman–Crippen MR) is 139 cm³/mol. The molecule has 0 aromatic heterocycles. The maximum absolute atomic E-state index is 14.9. The number of hydrogen-bond acceptors (Lipinski definition) is 4. The van der Waals surface area contributed by atoms with Crippen LogP contribution in [0.3, 0.4) is 0 Å². The number of rotatable bonds is 13. The SMILES string of the molecule is CNC[C@@H](CC(=O)N1CCC[C@@H]([C@](O)(CCCCOC)c2cccc(F)c2F)C1)CC1CCC(F)CC1. The maximum atomic E-state index is 14.9. The molecule has 3 atom stereocenters. The third-order valence-corrected chi connectivity index (χ3v) is 8.42. The second-order valence-corrected chi connectivity index (χ2v) is 11.1. The zero-order chi connectivity index (χ0) is 26.8. The molecule has 1 aliphatic heterocycles. The lowest BCUT2D eigenvalue weighted by Crippen LogP contribution is -2.49. The van der Waals surface area contributed by atoms with Crippen molar-refractivity contribution in [3.63, 3.8) is 0 Å². The summed E-state index contributed by atoms with van der Waals surface area (Å²) < 4.78 is 47.8. The number of amides is 1. The summed E-state index contributed by atoms with van der Waals surface area (Å²) in [6.07, 6.45) is 6.45. The van der Waals surface area contributed by atoms with Crippen LogP contribution < -0.4 is 5.32 Å². The van der Waals surface area contributed by atoms with Crippen molar-refractivity contribution >= 4 is 5.91 Å². The lowest BCUT2D eigenvalue weighted by Gasteiger charge is -2.43. The molecule has 3 rings (SSSR count). The van der Waals surface area contributed by atoms with Gasteiger partial charge in [0.05, 0.1) is 5.60 Å². The van der Waals surface area contributed by atoms with Gasteiger partial charge in [-0.3, -0.25) is 4.79 Å². The average Bonchev–Trinajstić information content (AvgIpc) is 2.89. The Labute approximate surface area is 220 Å². The van der Waals surface area contributed by atoms with Gasteiger partial charge in [0.15, 0.2) is 11.6 Å². The molecule has 1 saturated carbocycles. The molecule has 0 bridgehead atoms. The number of likely N-dealkylation sites (tertiary alicyclic amines) is 1. The highest BCUT2D eigenvalue weighted by Gasteiger charge is 2.43. The van der Waals surface area contributed by atoms with E-state index in [9.17, 15) is 23.1 Å². The standard InChI is InChI=1S/C29H45F3N2O3/c1-33-19-22(17-21-10-12-24(30)13-11-21)18-27(35)34-15-6-7-23(20-34)29(36,14-3-4-16-37-2)25-8-5-9-26(31)28(25)32/h5,8-9,21-24,33,36H,3-4,6-7,10-20H2,1-2H3/t21?,22-,23-,24?,29-/m1/s1. The van der Waals surface area contributed by atoms with Crippen molar-refractivity contribution in [1.82, 2.24) is 10.2 Å². The first-order chi connectivity index (χ1) is 17.8. The van der Waals surface area contributed by atoms with Gasteiger partial charge >= 0.3 is 0 Å². The van der Waals surface area contributed by atoms with Gasteiger partial charge in [-0.15, -0.1) is 0 Å². The molecule has 0 unspecified atom stereocenters. The smallest absolute Gasteiger partial charge is 0.222 e. The van der Waals surface area contributed by atoms with Gasteiger partial charge in [-0.05, 0) is 95.7 Å². The average molecular weight is 527 g/mol. The molecule has 1 aliphatic carbocycles. The Balaban J connectivity index is 1.70. The summed E-state index contributed by atoms with van der Waals surface area (Å²) in [7, 11) is 3.49. The fourth-order valence-corrected chi connectivity index (χ4v) is 6.36. The fraction of sp³-hybridized carbons (Fsp3) is 0.759. The second-order valence-electron chi connectivity index (χ2n) is 11.1. The van der Waals surface area contributed by atoms with E-state index >= 15 is 0 Å². The number of alkyl halides is 1. The Hall–Kier alpha value is -1.64. The van der Waals surface area contributed by atoms with Crippen LogP contribution in [0.1, 0.15) is 76.2 Å². The third kappa shape index (κ3) is 8.17. The van der Waals surface area contributed by atoms with Crippen molar-refractivity contribution < 1.29 is 27.8 Å². The largest absolute Gasteiger partial charge is 0.385 e. The number of piperidine rings is 1. The van der Waals surface area contributed by atoms with Crippen LogP contribution in [0.25, 0.3) is 0 Å². The number of aliphatic hydroxyl groups is 1. The molecule has 1 saturated heterocycles. The lowest BCUT2D eigenvalue weighted by atomic mass is 9.73. The molecule has 2 aliphatic rings. The van der Waals surface area contributed by atoms with Crippen LogP contribution >= 0.6 is 0 Å². The van der Waals surface area contributed by atoms with E-state index < -0.39 is 29.3 Å². The zero-order valence-corrected chi connectivity index (χ0v) is 22.5. The number of unbranched alkanes of at least 4 members (excludes halogenated alkanes) is 1. The summed E-state index contributed by atoms with van der Waals surface area (Å²) in [5.41, 5.74) is -1.60. The van der Waals surface area contributed by atoms with E-state index in [4.69, 9.17) is 4.74 Å². The van der Waals surface area contributed by atoms with Crippen LogP contribution in [-0.2, 0) is 15.1 Å². The zero-order valence-electron chi connectivity index (χ0n) is 22.5. The summed E-state index contributed by atoms with van der Waals surface area (Å²) in [5.74, 6) is -1.75. The van der Waals surface area contributed by atoms with Gasteiger partial charge in [0.2, 0.25) is 5.91 Å². The molecule has 2 fully saturated rings. The van der Waals surface area contributed by atoms with E-state index in [-0.39, 0.29) is 23.8 Å². The van der Waals surface area contributed by atoms with Crippen molar-refractivity contribution in [3.05, 3.63) is 35.4 Å². The molecule has 1 amide bonds. The van der Waals surface area contributed by atoms with Gasteiger partial charge in [-0.25, -0.2) is 13.2 Å². The number of carbonyl (C=O) groups excluding carboxylic acids is 1. The van der Waals surface area contributed by atoms with Crippen LogP contribution in [0.15, 0.2) is 18.2 Å². The van der Waals surface area contributed by atoms with E-state index in [1.165, 1.54) is 12.1 Å². The third-order valence-electron chi connectivity index (χ3n) is 8.42. The van der Waals surface area contributed by atoms with Crippen molar-refractivity contribution in [2.45, 2.75) is 82.4 Å². The topological polar surface area (TPSA) is 61.8 Å². The Morgan fingerprint density at radius 2 is 1.97 bits per heavy atom. The van der Waals surface area contributed by atoms with E-state index in [0.717, 1.165) is 31.9 Å². The summed E-state index contributed by atoms with van der Waals surface area (Å²) in [6, 6.07) is 3.95. The van der Waals surface area contributed by atoms with Crippen molar-refractivity contribution in [2.75, 3.05) is 40.4 Å². The number of hydrogen-bond donors (Lipinski definition) is 2. The van der Waals surface area contributed by atoms with E-state index in [1.54, 1.807) is 12.0 Å². The summed E-state index contributed by atoms with van der Waals surface area (Å²) in [5, 5.41) is 15.1. The van der Waals surface area contributed by atoms with Crippen LogP contribution in [0, 0.1) is 29.4 Å². The summed E-state index contributed by atoms with van der Waals surface area (Å²) >= 11 is 0. The Morgan fingerprint density at radius 3 is 2.68 bits per heavy atom. The molecular formula is C29H45F3N2O3. The van der Waals surface area contributed by atoms with Crippen LogP contribution in [0.2, 0.25) is 0 Å². The molecule has 1 heterocycles. The lowest BCUT2D eigenvalue weighted by molar-refractivity contribution is -0.138. The first-order valence-electron chi connectivity index (χ1n) is 14.0. The predicted octanol–water partition coefficient (Wildman–Crippen LogP) is 5.35. The maximum Gasteiger partial charge on any atom is 0.222 e. The van der Waals surface area contributed by atoms with Gasteiger partial charge in [-0.1, -0.05) is 12.1 Å². The van der Waals surface area contributed by atoms with Crippen molar-refractivity contribution in [2.24, 2.45) is 17.8 Å². The van der Waals surface area contributed by atoms with Crippen LogP contribution in [0.5, 0.6) is 0 Å². The molecule has 0 radical (unpaired) electrons. The Bertz CT molecular complexity index is 850. The number of methoxy groups -OCH3 is 1. The molecule has 37 heavy (non-hydrogen) atoms. The molecule has 2 N–H and O–H groups in total. The van der Waals surface area contributed by atoms with E-state index in [1.807, 2.05) is 7.05 Å². The molecule has 1 aromatic rings. The molecular weight excluding hydrogens is 481 g/mol. The molecule has 5 nitrogen and oxygen atoms in total. The summed E-state index contributed by atoms with van der Waals surface area (Å²) in [6.45, 7) is 2.15. The van der Waals surface area contributed by atoms with Gasteiger partial charge in [0.1, 0.15) is 6.17 Å². The number of carbonyl (C=O) groups is 1. The van der Waals surface area contributed by atoms with Crippen LogP contribution in [0.4, 0.5) is 13.2 Å². The number of nitrogens with zero attached hydrogens (tertiary/aromatic N) is 1. The van der Waals surface area contributed by atoms with Crippen LogP contribution in [-0.4, -0.2) is 62.5 Å². The minimum Gasteiger partial charge on any atom is -0.385 e. The molecule has 1 aromatic carbocycles. The van der Waals surface area contributed by atoms with E-state index in [0.29, 0.717) is 70.6 Å². The highest BCUT2D eigenvalue weighted by molar-refractivity contribution is 5.76. The quantitative estimate of drug-likeness (QED) is 0.340. The first kappa shape index (κ1) is 29.9.